The Morgan fingerprint density at radius 3 is 2.45 bits per heavy atom. The average molecular weight is 396 g/mol. The van der Waals surface area contributed by atoms with E-state index >= 15 is 0 Å². The fourth-order valence-electron chi connectivity index (χ4n) is 2.97. The number of imidazole rings is 1. The highest BCUT2D eigenvalue weighted by molar-refractivity contribution is 5.96. The zero-order valence-electron chi connectivity index (χ0n) is 16.9. The van der Waals surface area contributed by atoms with Gasteiger partial charge in [0.2, 0.25) is 5.88 Å². The third-order valence-corrected chi connectivity index (χ3v) is 4.40. The summed E-state index contributed by atoms with van der Waals surface area (Å²) in [5.41, 5.74) is 1.12. The fourth-order valence-corrected chi connectivity index (χ4v) is 2.97. The molecule has 0 saturated carbocycles. The lowest BCUT2D eigenvalue weighted by atomic mass is 10.0. The van der Waals surface area contributed by atoms with Crippen LogP contribution in [0.15, 0.2) is 48.9 Å². The van der Waals surface area contributed by atoms with Crippen LogP contribution in [0, 0.1) is 0 Å². The molecule has 0 aliphatic carbocycles. The summed E-state index contributed by atoms with van der Waals surface area (Å²) in [4.78, 5) is 21.7. The highest BCUT2D eigenvalue weighted by Gasteiger charge is 2.24. The first kappa shape index (κ1) is 20.2. The van der Waals surface area contributed by atoms with Crippen LogP contribution in [0.1, 0.15) is 34.7 Å². The second-order valence-corrected chi connectivity index (χ2v) is 6.24. The maximum Gasteiger partial charge on any atom is 0.257 e. The molecule has 2 heterocycles. The first-order valence-corrected chi connectivity index (χ1v) is 9.16. The van der Waals surface area contributed by atoms with E-state index in [0.29, 0.717) is 29.5 Å². The van der Waals surface area contributed by atoms with Gasteiger partial charge in [0.05, 0.1) is 20.8 Å². The average Bonchev–Trinajstić information content (AvgIpc) is 3.17. The van der Waals surface area contributed by atoms with Gasteiger partial charge in [-0.2, -0.15) is 0 Å². The standard InChI is InChI=1S/C21H24N4O4/c1-5-29-21-17(7-6-8-23-21)20(26)24-18(19-22-9-10-25(19)2)14-11-15(27-3)13-16(12-14)28-4/h6-13,18H,5H2,1-4H3,(H,24,26). The van der Waals surface area contributed by atoms with E-state index in [-0.39, 0.29) is 11.8 Å². The topological polar surface area (TPSA) is 87.5 Å². The van der Waals surface area contributed by atoms with E-state index in [0.717, 1.165) is 5.56 Å². The summed E-state index contributed by atoms with van der Waals surface area (Å²) in [5, 5.41) is 3.04. The Bertz CT molecular complexity index is 964. The van der Waals surface area contributed by atoms with E-state index in [4.69, 9.17) is 14.2 Å². The normalized spacial score (nSPS) is 11.6. The highest BCUT2D eigenvalue weighted by Crippen LogP contribution is 2.30. The number of pyridine rings is 1. The maximum atomic E-state index is 13.1. The lowest BCUT2D eigenvalue weighted by Crippen LogP contribution is -2.31. The summed E-state index contributed by atoms with van der Waals surface area (Å²) in [6.07, 6.45) is 5.09. The number of nitrogens with zero attached hydrogens (tertiary/aromatic N) is 3. The summed E-state index contributed by atoms with van der Waals surface area (Å²) in [6.45, 7) is 2.25. The first-order chi connectivity index (χ1) is 14.1. The Hall–Kier alpha value is -3.55. The van der Waals surface area contributed by atoms with Crippen molar-refractivity contribution in [1.82, 2.24) is 19.9 Å². The number of aromatic nitrogens is 3. The number of amides is 1. The van der Waals surface area contributed by atoms with E-state index in [1.54, 1.807) is 44.8 Å². The molecule has 1 unspecified atom stereocenters. The monoisotopic (exact) mass is 396 g/mol. The van der Waals surface area contributed by atoms with Gasteiger partial charge in [0.1, 0.15) is 28.9 Å². The predicted molar refractivity (Wildman–Crippen MR) is 107 cm³/mol. The van der Waals surface area contributed by atoms with E-state index in [1.165, 1.54) is 0 Å². The number of hydrogen-bond acceptors (Lipinski definition) is 6. The number of methoxy groups -OCH3 is 2. The molecule has 1 amide bonds. The van der Waals surface area contributed by atoms with E-state index in [1.807, 2.05) is 36.9 Å². The van der Waals surface area contributed by atoms with Crippen molar-refractivity contribution in [1.29, 1.82) is 0 Å². The number of benzene rings is 1. The summed E-state index contributed by atoms with van der Waals surface area (Å²) in [5.74, 6) is 1.86. The Morgan fingerprint density at radius 1 is 1.14 bits per heavy atom. The van der Waals surface area contributed by atoms with Crippen molar-refractivity contribution in [2.24, 2.45) is 7.05 Å². The van der Waals surface area contributed by atoms with Crippen LogP contribution < -0.4 is 19.5 Å². The molecule has 0 bridgehead atoms. The molecule has 29 heavy (non-hydrogen) atoms. The van der Waals surface area contributed by atoms with Crippen molar-refractivity contribution < 1.29 is 19.0 Å². The van der Waals surface area contributed by atoms with E-state index in [2.05, 4.69) is 15.3 Å². The second kappa shape index (κ2) is 9.09. The van der Waals surface area contributed by atoms with Gasteiger partial charge in [0.15, 0.2) is 0 Å². The van der Waals surface area contributed by atoms with Gasteiger partial charge in [0.25, 0.3) is 5.91 Å². The maximum absolute atomic E-state index is 13.1. The van der Waals surface area contributed by atoms with Crippen LogP contribution in [0.5, 0.6) is 17.4 Å². The molecule has 1 N–H and O–H groups in total. The molecule has 0 radical (unpaired) electrons. The van der Waals surface area contributed by atoms with Crippen molar-refractivity contribution in [3.8, 4) is 17.4 Å². The van der Waals surface area contributed by atoms with E-state index in [9.17, 15) is 4.79 Å². The summed E-state index contributed by atoms with van der Waals surface area (Å²) in [6, 6.07) is 8.29. The molecule has 1 aromatic carbocycles. The minimum absolute atomic E-state index is 0.286. The van der Waals surface area contributed by atoms with Gasteiger partial charge in [-0.05, 0) is 36.8 Å². The van der Waals surface area contributed by atoms with Gasteiger partial charge >= 0.3 is 0 Å². The molecule has 3 rings (SSSR count). The van der Waals surface area contributed by atoms with Crippen molar-refractivity contribution in [3.05, 3.63) is 65.9 Å². The molecule has 3 aromatic rings. The molecular formula is C21H24N4O4. The van der Waals surface area contributed by atoms with E-state index < -0.39 is 6.04 Å². The number of nitrogens with one attached hydrogen (secondary N) is 1. The van der Waals surface area contributed by atoms with Gasteiger partial charge in [-0.3, -0.25) is 4.79 Å². The Balaban J connectivity index is 2.02. The second-order valence-electron chi connectivity index (χ2n) is 6.24. The minimum atomic E-state index is -0.541. The Morgan fingerprint density at radius 2 is 1.86 bits per heavy atom. The number of aryl methyl sites for hydroxylation is 1. The summed E-state index contributed by atoms with van der Waals surface area (Å²) in [7, 11) is 5.03. The molecule has 1 atom stereocenters. The summed E-state index contributed by atoms with van der Waals surface area (Å²) >= 11 is 0. The largest absolute Gasteiger partial charge is 0.497 e. The van der Waals surface area contributed by atoms with Gasteiger partial charge < -0.3 is 24.1 Å². The van der Waals surface area contributed by atoms with Crippen LogP contribution in [-0.4, -0.2) is 41.3 Å². The SMILES string of the molecule is CCOc1ncccc1C(=O)NC(c1cc(OC)cc(OC)c1)c1nccn1C. The molecule has 152 valence electrons. The third kappa shape index (κ3) is 4.48. The van der Waals surface area contributed by atoms with Crippen LogP contribution in [0.3, 0.4) is 0 Å². The number of carbonyl (C=O) groups excluding carboxylic acids is 1. The lowest BCUT2D eigenvalue weighted by Gasteiger charge is -2.21. The smallest absolute Gasteiger partial charge is 0.257 e. The molecule has 0 saturated heterocycles. The lowest BCUT2D eigenvalue weighted by molar-refractivity contribution is 0.0936. The predicted octanol–water partition coefficient (Wildman–Crippen LogP) is 2.75. The molecule has 8 nitrogen and oxygen atoms in total. The molecule has 0 aliphatic heterocycles. The zero-order chi connectivity index (χ0) is 20.8. The van der Waals surface area contributed by atoms with Gasteiger partial charge in [-0.25, -0.2) is 9.97 Å². The third-order valence-electron chi connectivity index (χ3n) is 4.40. The fraction of sp³-hybridized carbons (Fsp3) is 0.286. The number of rotatable bonds is 8. The molecule has 0 fully saturated rings. The van der Waals surface area contributed by atoms with Crippen molar-refractivity contribution >= 4 is 5.91 Å². The number of carbonyl (C=O) groups is 1. The van der Waals surface area contributed by atoms with Crippen LogP contribution >= 0.6 is 0 Å². The Kier molecular flexibility index (Phi) is 6.33. The summed E-state index contributed by atoms with van der Waals surface area (Å²) < 4.78 is 18.1. The molecule has 2 aromatic heterocycles. The highest BCUT2D eigenvalue weighted by atomic mass is 16.5. The molecular weight excluding hydrogens is 372 g/mol. The van der Waals surface area contributed by atoms with Crippen LogP contribution in [-0.2, 0) is 7.05 Å². The molecule has 0 aliphatic rings. The quantitative estimate of drug-likeness (QED) is 0.630. The van der Waals surface area contributed by atoms with Crippen LogP contribution in [0.2, 0.25) is 0 Å². The number of ether oxygens (including phenoxy) is 3. The van der Waals surface area contributed by atoms with Crippen molar-refractivity contribution in [2.45, 2.75) is 13.0 Å². The molecule has 8 heteroatoms. The molecule has 0 spiro atoms. The first-order valence-electron chi connectivity index (χ1n) is 9.16. The van der Waals surface area contributed by atoms with Gasteiger partial charge in [-0.15, -0.1) is 0 Å². The van der Waals surface area contributed by atoms with Gasteiger partial charge in [-0.1, -0.05) is 0 Å². The zero-order valence-corrected chi connectivity index (χ0v) is 16.9. The van der Waals surface area contributed by atoms with Gasteiger partial charge in [0, 0.05) is 31.7 Å². The van der Waals surface area contributed by atoms with Crippen molar-refractivity contribution in [3.63, 3.8) is 0 Å². The van der Waals surface area contributed by atoms with Crippen LogP contribution in [0.25, 0.3) is 0 Å². The van der Waals surface area contributed by atoms with Crippen molar-refractivity contribution in [2.75, 3.05) is 20.8 Å². The minimum Gasteiger partial charge on any atom is -0.497 e. The van der Waals surface area contributed by atoms with Crippen LogP contribution in [0.4, 0.5) is 0 Å². The Labute approximate surface area is 169 Å². The number of hydrogen-bond donors (Lipinski definition) is 1.